The molecule has 2 amide bonds. The summed E-state index contributed by atoms with van der Waals surface area (Å²) in [5, 5.41) is 10.7. The zero-order chi connectivity index (χ0) is 14.3. The highest BCUT2D eigenvalue weighted by atomic mass is 16.4. The SMILES string of the molecule is O=C([O-])c1ccc(N2C(=O)[C@H]3CCCC[C@@H]3C2=O)cc1. The van der Waals surface area contributed by atoms with Crippen LogP contribution in [0.4, 0.5) is 5.69 Å². The van der Waals surface area contributed by atoms with Gasteiger partial charge in [0.15, 0.2) is 0 Å². The van der Waals surface area contributed by atoms with Gasteiger partial charge in [0.1, 0.15) is 0 Å². The van der Waals surface area contributed by atoms with Gasteiger partial charge in [-0.05, 0) is 30.5 Å². The number of carbonyl (C=O) groups excluding carboxylic acids is 3. The largest absolute Gasteiger partial charge is 0.545 e. The lowest BCUT2D eigenvalue weighted by Gasteiger charge is -2.19. The van der Waals surface area contributed by atoms with Gasteiger partial charge in [0.2, 0.25) is 11.8 Å². The molecule has 0 aromatic heterocycles. The van der Waals surface area contributed by atoms with Crippen molar-refractivity contribution >= 4 is 23.5 Å². The number of fused-ring (bicyclic) bond motifs is 1. The van der Waals surface area contributed by atoms with E-state index in [1.165, 1.54) is 29.2 Å². The minimum absolute atomic E-state index is 0.0326. The molecule has 1 aliphatic heterocycles. The smallest absolute Gasteiger partial charge is 0.237 e. The quantitative estimate of drug-likeness (QED) is 0.744. The van der Waals surface area contributed by atoms with Crippen LogP contribution in [0, 0.1) is 11.8 Å². The van der Waals surface area contributed by atoms with Gasteiger partial charge in [-0.25, -0.2) is 0 Å². The van der Waals surface area contributed by atoms with E-state index >= 15 is 0 Å². The van der Waals surface area contributed by atoms with E-state index in [1.807, 2.05) is 0 Å². The second-order valence-electron chi connectivity index (χ2n) is 5.34. The number of imide groups is 1. The molecule has 0 bridgehead atoms. The number of carboxylic acids is 1. The zero-order valence-corrected chi connectivity index (χ0v) is 10.9. The van der Waals surface area contributed by atoms with Gasteiger partial charge in [0.05, 0.1) is 23.5 Å². The van der Waals surface area contributed by atoms with Gasteiger partial charge < -0.3 is 9.90 Å². The molecule has 5 heteroatoms. The van der Waals surface area contributed by atoms with Gasteiger partial charge in [-0.2, -0.15) is 0 Å². The normalized spacial score (nSPS) is 25.7. The summed E-state index contributed by atoms with van der Waals surface area (Å²) in [4.78, 5) is 36.6. The van der Waals surface area contributed by atoms with Crippen LogP contribution >= 0.6 is 0 Å². The number of carbonyl (C=O) groups is 3. The molecule has 1 heterocycles. The van der Waals surface area contributed by atoms with Crippen LogP contribution in [0.2, 0.25) is 0 Å². The number of aromatic carboxylic acids is 1. The topological polar surface area (TPSA) is 77.5 Å². The Morgan fingerprint density at radius 2 is 1.50 bits per heavy atom. The van der Waals surface area contributed by atoms with Crippen LogP contribution in [0.5, 0.6) is 0 Å². The molecule has 1 aromatic carbocycles. The predicted molar refractivity (Wildman–Crippen MR) is 68.7 cm³/mol. The summed E-state index contributed by atoms with van der Waals surface area (Å²) in [6.07, 6.45) is 3.50. The first-order chi connectivity index (χ1) is 9.59. The Labute approximate surface area is 116 Å². The van der Waals surface area contributed by atoms with Crippen LogP contribution in [-0.2, 0) is 9.59 Å². The molecule has 0 unspecified atom stereocenters. The third kappa shape index (κ3) is 1.90. The van der Waals surface area contributed by atoms with Crippen molar-refractivity contribution in [2.24, 2.45) is 11.8 Å². The Hall–Kier alpha value is -2.17. The number of amides is 2. The van der Waals surface area contributed by atoms with Gasteiger partial charge in [-0.3, -0.25) is 14.5 Å². The Balaban J connectivity index is 1.91. The average molecular weight is 272 g/mol. The summed E-state index contributed by atoms with van der Waals surface area (Å²) in [7, 11) is 0. The Bertz CT molecular complexity index is 554. The first kappa shape index (κ1) is 12.8. The van der Waals surface area contributed by atoms with Crippen molar-refractivity contribution < 1.29 is 19.5 Å². The van der Waals surface area contributed by atoms with E-state index in [4.69, 9.17) is 0 Å². The van der Waals surface area contributed by atoms with Crippen LogP contribution in [0.25, 0.3) is 0 Å². The van der Waals surface area contributed by atoms with Crippen LogP contribution in [0.1, 0.15) is 36.0 Å². The van der Waals surface area contributed by atoms with E-state index in [1.54, 1.807) is 0 Å². The maximum Gasteiger partial charge on any atom is 0.237 e. The van der Waals surface area contributed by atoms with Crippen molar-refractivity contribution in [3.8, 4) is 0 Å². The third-order valence-electron chi connectivity index (χ3n) is 4.20. The highest BCUT2D eigenvalue weighted by Gasteiger charge is 2.48. The molecular weight excluding hydrogens is 258 g/mol. The van der Waals surface area contributed by atoms with E-state index in [9.17, 15) is 19.5 Å². The molecular formula is C15H14NO4-. The molecule has 0 spiro atoms. The lowest BCUT2D eigenvalue weighted by molar-refractivity contribution is -0.255. The van der Waals surface area contributed by atoms with E-state index in [-0.39, 0.29) is 29.2 Å². The summed E-state index contributed by atoms with van der Waals surface area (Å²) >= 11 is 0. The molecule has 20 heavy (non-hydrogen) atoms. The van der Waals surface area contributed by atoms with Gasteiger partial charge in [-0.1, -0.05) is 25.0 Å². The van der Waals surface area contributed by atoms with E-state index < -0.39 is 5.97 Å². The van der Waals surface area contributed by atoms with Crippen molar-refractivity contribution in [2.75, 3.05) is 4.90 Å². The fourth-order valence-corrected chi connectivity index (χ4v) is 3.16. The maximum absolute atomic E-state index is 12.3. The van der Waals surface area contributed by atoms with E-state index in [2.05, 4.69) is 0 Å². The minimum Gasteiger partial charge on any atom is -0.545 e. The summed E-state index contributed by atoms with van der Waals surface area (Å²) in [5.74, 6) is -1.97. The summed E-state index contributed by atoms with van der Waals surface area (Å²) < 4.78 is 0. The van der Waals surface area contributed by atoms with Crippen molar-refractivity contribution in [3.63, 3.8) is 0 Å². The van der Waals surface area contributed by atoms with Gasteiger partial charge in [0.25, 0.3) is 0 Å². The summed E-state index contributed by atoms with van der Waals surface area (Å²) in [6.45, 7) is 0. The monoisotopic (exact) mass is 272 g/mol. The molecule has 2 aliphatic rings. The lowest BCUT2D eigenvalue weighted by atomic mass is 9.81. The number of anilines is 1. The van der Waals surface area contributed by atoms with Crippen molar-refractivity contribution in [3.05, 3.63) is 29.8 Å². The number of nitrogens with zero attached hydrogens (tertiary/aromatic N) is 1. The maximum atomic E-state index is 12.3. The Morgan fingerprint density at radius 1 is 1.00 bits per heavy atom. The number of benzene rings is 1. The van der Waals surface area contributed by atoms with E-state index in [0.717, 1.165) is 25.7 Å². The van der Waals surface area contributed by atoms with Crippen molar-refractivity contribution in [2.45, 2.75) is 25.7 Å². The first-order valence-corrected chi connectivity index (χ1v) is 6.79. The molecule has 0 radical (unpaired) electrons. The number of hydrogen-bond acceptors (Lipinski definition) is 4. The Morgan fingerprint density at radius 3 is 1.95 bits per heavy atom. The van der Waals surface area contributed by atoms with Crippen LogP contribution in [-0.4, -0.2) is 17.8 Å². The number of carboxylic acid groups (broad SMARTS) is 1. The fourth-order valence-electron chi connectivity index (χ4n) is 3.16. The third-order valence-corrected chi connectivity index (χ3v) is 4.20. The molecule has 1 aromatic rings. The van der Waals surface area contributed by atoms with Crippen LogP contribution in [0.15, 0.2) is 24.3 Å². The highest BCUT2D eigenvalue weighted by molar-refractivity contribution is 6.22. The molecule has 2 atom stereocenters. The zero-order valence-electron chi connectivity index (χ0n) is 10.9. The number of rotatable bonds is 2. The minimum atomic E-state index is -1.27. The lowest BCUT2D eigenvalue weighted by Crippen LogP contribution is -2.31. The number of hydrogen-bond donors (Lipinski definition) is 0. The second-order valence-corrected chi connectivity index (χ2v) is 5.34. The molecule has 3 rings (SSSR count). The van der Waals surface area contributed by atoms with Crippen LogP contribution in [0.3, 0.4) is 0 Å². The van der Waals surface area contributed by atoms with Crippen LogP contribution < -0.4 is 10.0 Å². The van der Waals surface area contributed by atoms with Gasteiger partial charge in [0, 0.05) is 0 Å². The summed E-state index contributed by atoms with van der Waals surface area (Å²) in [6, 6.07) is 5.68. The molecule has 1 aliphatic carbocycles. The summed E-state index contributed by atoms with van der Waals surface area (Å²) in [5.41, 5.74) is 0.477. The Kier molecular flexibility index (Phi) is 3.04. The van der Waals surface area contributed by atoms with E-state index in [0.29, 0.717) is 5.69 Å². The first-order valence-electron chi connectivity index (χ1n) is 6.79. The average Bonchev–Trinajstić information content (AvgIpc) is 2.72. The molecule has 1 saturated heterocycles. The van der Waals surface area contributed by atoms with Gasteiger partial charge >= 0.3 is 0 Å². The molecule has 104 valence electrons. The van der Waals surface area contributed by atoms with Crippen molar-refractivity contribution in [1.82, 2.24) is 0 Å². The van der Waals surface area contributed by atoms with Gasteiger partial charge in [-0.15, -0.1) is 0 Å². The highest BCUT2D eigenvalue weighted by Crippen LogP contribution is 2.39. The molecule has 5 nitrogen and oxygen atoms in total. The second kappa shape index (κ2) is 4.74. The fraction of sp³-hybridized carbons (Fsp3) is 0.400. The molecule has 0 N–H and O–H groups in total. The molecule has 1 saturated carbocycles. The van der Waals surface area contributed by atoms with Crippen molar-refractivity contribution in [1.29, 1.82) is 0 Å². The standard InChI is InChI=1S/C15H15NO4/c17-13-11-3-1-2-4-12(11)14(18)16(13)10-7-5-9(6-8-10)15(19)20/h5-8,11-12H,1-4H2,(H,19,20)/p-1/t11-,12-/m0/s1. The molecule has 2 fully saturated rings. The predicted octanol–water partition coefficient (Wildman–Crippen LogP) is 0.730.